The van der Waals surface area contributed by atoms with Crippen LogP contribution in [0.25, 0.3) is 0 Å². The second-order valence-corrected chi connectivity index (χ2v) is 6.54. The van der Waals surface area contributed by atoms with Crippen LogP contribution in [-0.2, 0) is 0 Å². The molecule has 0 unspecified atom stereocenters. The minimum Gasteiger partial charge on any atom is -0.467 e. The van der Waals surface area contributed by atoms with Gasteiger partial charge in [-0.3, -0.25) is 5.32 Å². The summed E-state index contributed by atoms with van der Waals surface area (Å²) in [6, 6.07) is 3.07. The molecule has 0 bridgehead atoms. The molecule has 2 aromatic rings. The molecule has 1 N–H and O–H groups in total. The van der Waals surface area contributed by atoms with E-state index in [1.807, 2.05) is 6.07 Å². The van der Waals surface area contributed by atoms with Gasteiger partial charge in [-0.15, -0.1) is 10.2 Å². The highest BCUT2D eigenvalue weighted by molar-refractivity contribution is 7.15. The predicted molar refractivity (Wildman–Crippen MR) is 80.4 cm³/mol. The molecule has 0 spiro atoms. The number of piperidine rings is 1. The highest BCUT2D eigenvalue weighted by Crippen LogP contribution is 2.35. The van der Waals surface area contributed by atoms with Crippen LogP contribution >= 0.6 is 11.3 Å². The van der Waals surface area contributed by atoms with Crippen molar-refractivity contribution in [3.05, 3.63) is 29.2 Å². The summed E-state index contributed by atoms with van der Waals surface area (Å²) >= 11 is 0.678. The Labute approximate surface area is 135 Å². The van der Waals surface area contributed by atoms with Crippen molar-refractivity contribution in [2.45, 2.75) is 32.2 Å². The molecule has 1 saturated heterocycles. The first kappa shape index (κ1) is 15.9. The molecular weight excluding hydrogens is 326 g/mol. The first-order chi connectivity index (χ1) is 11.0. The highest BCUT2D eigenvalue weighted by Gasteiger charge is 2.33. The summed E-state index contributed by atoms with van der Waals surface area (Å²) in [5.41, 5.74) is 0. The number of urea groups is 1. The SMILES string of the molecule is C[C@H]1CCN(C(=O)Nc2nnc(C(F)F)s2)[C@@H](c2ccco2)C1. The lowest BCUT2D eigenvalue weighted by Gasteiger charge is -2.37. The van der Waals surface area contributed by atoms with Crippen molar-refractivity contribution in [1.29, 1.82) is 0 Å². The van der Waals surface area contributed by atoms with Crippen molar-refractivity contribution in [2.24, 2.45) is 5.92 Å². The van der Waals surface area contributed by atoms with Gasteiger partial charge in [0.15, 0.2) is 5.01 Å². The summed E-state index contributed by atoms with van der Waals surface area (Å²) in [6.07, 6.45) is 0.553. The molecule has 3 rings (SSSR count). The van der Waals surface area contributed by atoms with E-state index < -0.39 is 11.4 Å². The predicted octanol–water partition coefficient (Wildman–Crippen LogP) is 4.07. The Morgan fingerprint density at radius 1 is 1.52 bits per heavy atom. The smallest absolute Gasteiger partial charge is 0.324 e. The van der Waals surface area contributed by atoms with E-state index in [1.54, 1.807) is 17.2 Å². The van der Waals surface area contributed by atoms with E-state index in [-0.39, 0.29) is 17.2 Å². The number of likely N-dealkylation sites (tertiary alicyclic amines) is 1. The average molecular weight is 342 g/mol. The number of carbonyl (C=O) groups excluding carboxylic acids is 1. The van der Waals surface area contributed by atoms with Crippen LogP contribution < -0.4 is 5.32 Å². The van der Waals surface area contributed by atoms with Gasteiger partial charge in [-0.1, -0.05) is 18.3 Å². The molecule has 124 valence electrons. The number of amides is 2. The maximum atomic E-state index is 12.5. The second-order valence-electron chi connectivity index (χ2n) is 5.53. The van der Waals surface area contributed by atoms with Crippen LogP contribution in [0.4, 0.5) is 18.7 Å². The van der Waals surface area contributed by atoms with Crippen LogP contribution in [0.15, 0.2) is 22.8 Å². The van der Waals surface area contributed by atoms with Crippen LogP contribution in [-0.4, -0.2) is 27.7 Å². The zero-order chi connectivity index (χ0) is 16.4. The molecule has 1 aliphatic rings. The molecule has 0 saturated carbocycles. The minimum absolute atomic E-state index is 0.0714. The number of anilines is 1. The summed E-state index contributed by atoms with van der Waals surface area (Å²) in [4.78, 5) is 14.1. The summed E-state index contributed by atoms with van der Waals surface area (Å²) < 4.78 is 30.5. The maximum Gasteiger partial charge on any atom is 0.324 e. The number of alkyl halides is 2. The van der Waals surface area contributed by atoms with Gasteiger partial charge in [-0.2, -0.15) is 0 Å². The Bertz CT molecular complexity index is 662. The van der Waals surface area contributed by atoms with Gasteiger partial charge in [-0.25, -0.2) is 13.6 Å². The number of nitrogens with zero attached hydrogens (tertiary/aromatic N) is 3. The van der Waals surface area contributed by atoms with Gasteiger partial charge in [0.1, 0.15) is 5.76 Å². The maximum absolute atomic E-state index is 12.5. The largest absolute Gasteiger partial charge is 0.467 e. The molecule has 6 nitrogen and oxygen atoms in total. The van der Waals surface area contributed by atoms with E-state index in [2.05, 4.69) is 22.4 Å². The molecule has 1 fully saturated rings. The first-order valence-corrected chi connectivity index (χ1v) is 8.09. The third-order valence-corrected chi connectivity index (χ3v) is 4.68. The number of halogens is 2. The summed E-state index contributed by atoms with van der Waals surface area (Å²) in [7, 11) is 0. The second kappa shape index (κ2) is 6.61. The zero-order valence-corrected chi connectivity index (χ0v) is 13.2. The average Bonchev–Trinajstić information content (AvgIpc) is 3.18. The van der Waals surface area contributed by atoms with Gasteiger partial charge in [0.2, 0.25) is 5.13 Å². The van der Waals surface area contributed by atoms with Gasteiger partial charge in [0.25, 0.3) is 6.43 Å². The lowest BCUT2D eigenvalue weighted by atomic mass is 9.91. The Morgan fingerprint density at radius 2 is 2.35 bits per heavy atom. The molecule has 3 heterocycles. The van der Waals surface area contributed by atoms with Crippen LogP contribution in [0.3, 0.4) is 0 Å². The quantitative estimate of drug-likeness (QED) is 0.912. The number of hydrogen-bond donors (Lipinski definition) is 1. The Balaban J connectivity index is 1.73. The fraction of sp³-hybridized carbons (Fsp3) is 0.500. The summed E-state index contributed by atoms with van der Waals surface area (Å²) in [6.45, 7) is 2.70. The molecule has 2 aromatic heterocycles. The topological polar surface area (TPSA) is 71.3 Å². The van der Waals surface area contributed by atoms with Crippen molar-refractivity contribution in [3.63, 3.8) is 0 Å². The van der Waals surface area contributed by atoms with Gasteiger partial charge in [-0.05, 0) is 30.9 Å². The lowest BCUT2D eigenvalue weighted by molar-refractivity contribution is 0.129. The zero-order valence-electron chi connectivity index (χ0n) is 12.4. The number of hydrogen-bond acceptors (Lipinski definition) is 5. The van der Waals surface area contributed by atoms with Crippen LogP contribution in [0.5, 0.6) is 0 Å². The molecular formula is C14H16F2N4O2S. The Morgan fingerprint density at radius 3 is 3.00 bits per heavy atom. The molecule has 1 aliphatic heterocycles. The van der Waals surface area contributed by atoms with E-state index in [9.17, 15) is 13.6 Å². The van der Waals surface area contributed by atoms with E-state index in [1.165, 1.54) is 0 Å². The third kappa shape index (κ3) is 3.49. The van der Waals surface area contributed by atoms with Gasteiger partial charge < -0.3 is 9.32 Å². The van der Waals surface area contributed by atoms with Crippen molar-refractivity contribution in [1.82, 2.24) is 15.1 Å². The number of aromatic nitrogens is 2. The Kier molecular flexibility index (Phi) is 4.56. The fourth-order valence-electron chi connectivity index (χ4n) is 2.67. The third-order valence-electron chi connectivity index (χ3n) is 3.84. The van der Waals surface area contributed by atoms with Crippen molar-refractivity contribution in [2.75, 3.05) is 11.9 Å². The van der Waals surface area contributed by atoms with E-state index in [0.717, 1.165) is 18.6 Å². The van der Waals surface area contributed by atoms with E-state index >= 15 is 0 Å². The van der Waals surface area contributed by atoms with Crippen LogP contribution in [0, 0.1) is 5.92 Å². The van der Waals surface area contributed by atoms with Crippen molar-refractivity contribution < 1.29 is 18.0 Å². The molecule has 23 heavy (non-hydrogen) atoms. The number of rotatable bonds is 3. The fourth-order valence-corrected chi connectivity index (χ4v) is 3.26. The lowest BCUT2D eigenvalue weighted by Crippen LogP contribution is -2.42. The van der Waals surface area contributed by atoms with Gasteiger partial charge in [0, 0.05) is 6.54 Å². The van der Waals surface area contributed by atoms with Gasteiger partial charge >= 0.3 is 6.03 Å². The monoisotopic (exact) mass is 342 g/mol. The number of nitrogens with one attached hydrogen (secondary N) is 1. The van der Waals surface area contributed by atoms with Gasteiger partial charge in [0.05, 0.1) is 12.3 Å². The van der Waals surface area contributed by atoms with E-state index in [0.29, 0.717) is 23.8 Å². The number of carbonyl (C=O) groups is 1. The van der Waals surface area contributed by atoms with E-state index in [4.69, 9.17) is 4.42 Å². The molecule has 9 heteroatoms. The Hall–Kier alpha value is -2.03. The van der Waals surface area contributed by atoms with Crippen LogP contribution in [0.1, 0.15) is 43.0 Å². The van der Waals surface area contributed by atoms with Crippen molar-refractivity contribution >= 4 is 22.5 Å². The minimum atomic E-state index is -2.69. The normalized spacial score (nSPS) is 21.7. The van der Waals surface area contributed by atoms with Crippen molar-refractivity contribution in [3.8, 4) is 0 Å². The molecule has 2 atom stereocenters. The summed E-state index contributed by atoms with van der Waals surface area (Å²) in [5, 5.41) is 9.16. The molecule has 0 aliphatic carbocycles. The number of furan rings is 1. The summed E-state index contributed by atoms with van der Waals surface area (Å²) in [5.74, 6) is 1.19. The highest BCUT2D eigenvalue weighted by atomic mass is 32.1. The first-order valence-electron chi connectivity index (χ1n) is 7.27. The molecule has 0 radical (unpaired) electrons. The standard InChI is InChI=1S/C14H16F2N4O2S/c1-8-4-5-20(9(7-8)10-3-2-6-22-10)14(21)17-13-19-18-12(23-13)11(15)16/h2-3,6,8-9,11H,4-5,7H2,1H3,(H,17,19,21)/t8-,9+/m0/s1. The molecule has 0 aromatic carbocycles. The molecule has 2 amide bonds. The van der Waals surface area contributed by atoms with Crippen LogP contribution in [0.2, 0.25) is 0 Å².